The first-order chi connectivity index (χ1) is 17.3. The SMILES string of the molecule is CC1(NC(=O)O[C@H]2CO[C@@H](c3cc(Nc4nc(Cl)cc5nc(C(=O)NC6CC6)cn45)n[nH]3)[C@H]2F)CC1. The molecule has 1 aliphatic heterocycles. The van der Waals surface area contributed by atoms with Crippen LogP contribution in [0.1, 0.15) is 54.9 Å². The van der Waals surface area contributed by atoms with Gasteiger partial charge in [0.25, 0.3) is 5.91 Å². The summed E-state index contributed by atoms with van der Waals surface area (Å²) >= 11 is 6.15. The van der Waals surface area contributed by atoms with Gasteiger partial charge in [0.05, 0.1) is 12.3 Å². The van der Waals surface area contributed by atoms with Gasteiger partial charge in [-0.15, -0.1) is 0 Å². The molecule has 0 radical (unpaired) electrons. The Balaban J connectivity index is 1.15. The fourth-order valence-corrected chi connectivity index (χ4v) is 4.15. The third kappa shape index (κ3) is 4.67. The third-order valence-electron chi connectivity index (χ3n) is 6.46. The quantitative estimate of drug-likeness (QED) is 0.349. The van der Waals surface area contributed by atoms with Gasteiger partial charge in [-0.3, -0.25) is 14.3 Å². The molecule has 0 spiro atoms. The minimum absolute atomic E-state index is 0.0744. The van der Waals surface area contributed by atoms with Gasteiger partial charge in [-0.2, -0.15) is 5.10 Å². The summed E-state index contributed by atoms with van der Waals surface area (Å²) in [5.74, 6) is 0.317. The monoisotopic (exact) mass is 518 g/mol. The van der Waals surface area contributed by atoms with E-state index in [1.807, 2.05) is 6.92 Å². The highest BCUT2D eigenvalue weighted by Crippen LogP contribution is 2.36. The second-order valence-electron chi connectivity index (χ2n) is 9.67. The summed E-state index contributed by atoms with van der Waals surface area (Å²) < 4.78 is 27.4. The van der Waals surface area contributed by atoms with Gasteiger partial charge in [-0.1, -0.05) is 11.6 Å². The van der Waals surface area contributed by atoms with E-state index in [9.17, 15) is 9.59 Å². The molecule has 2 saturated carbocycles. The largest absolute Gasteiger partial charge is 0.441 e. The molecule has 2 aliphatic carbocycles. The number of fused-ring (bicyclic) bond motifs is 1. The zero-order chi connectivity index (χ0) is 25.0. The van der Waals surface area contributed by atoms with Crippen LogP contribution < -0.4 is 16.0 Å². The summed E-state index contributed by atoms with van der Waals surface area (Å²) in [4.78, 5) is 33.1. The number of hydrogen-bond acceptors (Lipinski definition) is 8. The number of ether oxygens (including phenoxy) is 2. The van der Waals surface area contributed by atoms with Crippen LogP contribution in [0.3, 0.4) is 0 Å². The molecule has 4 N–H and O–H groups in total. The Kier molecular flexibility index (Phi) is 5.48. The number of aromatic amines is 1. The maximum Gasteiger partial charge on any atom is 0.408 e. The summed E-state index contributed by atoms with van der Waals surface area (Å²) in [5.41, 5.74) is 0.763. The van der Waals surface area contributed by atoms with Crippen molar-refractivity contribution >= 4 is 41.0 Å². The van der Waals surface area contributed by atoms with Gasteiger partial charge in [0.15, 0.2) is 18.1 Å². The van der Waals surface area contributed by atoms with E-state index in [0.717, 1.165) is 25.7 Å². The number of carbonyl (C=O) groups is 2. The molecular weight excluding hydrogens is 495 g/mol. The summed E-state index contributed by atoms with van der Waals surface area (Å²) in [7, 11) is 0. The van der Waals surface area contributed by atoms with Gasteiger partial charge >= 0.3 is 6.09 Å². The fraction of sp³-hybridized carbons (Fsp3) is 0.500. The number of imidazole rings is 1. The molecule has 0 bridgehead atoms. The van der Waals surface area contributed by atoms with Crippen LogP contribution in [0.4, 0.5) is 21.0 Å². The zero-order valence-electron chi connectivity index (χ0n) is 19.3. The molecule has 6 rings (SSSR count). The first-order valence-electron chi connectivity index (χ1n) is 11.7. The lowest BCUT2D eigenvalue weighted by Crippen LogP contribution is -2.39. The van der Waals surface area contributed by atoms with E-state index in [1.54, 1.807) is 16.7 Å². The third-order valence-corrected chi connectivity index (χ3v) is 6.65. The second kappa shape index (κ2) is 8.59. The highest BCUT2D eigenvalue weighted by atomic mass is 35.5. The van der Waals surface area contributed by atoms with Crippen molar-refractivity contribution in [2.45, 2.75) is 62.6 Å². The van der Waals surface area contributed by atoms with Crippen molar-refractivity contribution in [1.29, 1.82) is 0 Å². The van der Waals surface area contributed by atoms with Gasteiger partial charge in [-0.25, -0.2) is 19.2 Å². The number of anilines is 2. The predicted molar refractivity (Wildman–Crippen MR) is 125 cm³/mol. The van der Waals surface area contributed by atoms with Crippen LogP contribution in [0.15, 0.2) is 18.3 Å². The number of aromatic nitrogens is 5. The van der Waals surface area contributed by atoms with Crippen LogP contribution >= 0.6 is 11.6 Å². The molecule has 14 heteroatoms. The molecule has 3 aromatic rings. The molecule has 3 fully saturated rings. The lowest BCUT2D eigenvalue weighted by molar-refractivity contribution is 0.0604. The van der Waals surface area contributed by atoms with Crippen LogP contribution in [0.25, 0.3) is 5.65 Å². The number of H-pyrrole nitrogens is 1. The molecule has 2 amide bonds. The van der Waals surface area contributed by atoms with Crippen molar-refractivity contribution in [3.05, 3.63) is 34.9 Å². The maximum absolute atomic E-state index is 15.0. The number of rotatable bonds is 7. The average Bonchev–Trinajstić information content (AvgIpc) is 3.61. The first kappa shape index (κ1) is 23.0. The Morgan fingerprint density at radius 1 is 1.31 bits per heavy atom. The Morgan fingerprint density at radius 3 is 2.86 bits per heavy atom. The van der Waals surface area contributed by atoms with E-state index in [1.165, 1.54) is 6.07 Å². The fourth-order valence-electron chi connectivity index (χ4n) is 3.97. The van der Waals surface area contributed by atoms with Gasteiger partial charge in [0.1, 0.15) is 22.6 Å². The number of carbonyl (C=O) groups excluding carboxylic acids is 2. The summed E-state index contributed by atoms with van der Waals surface area (Å²) in [6.45, 7) is 1.83. The molecule has 12 nitrogen and oxygen atoms in total. The molecular formula is C22H24ClFN8O4. The van der Waals surface area contributed by atoms with E-state index >= 15 is 4.39 Å². The molecule has 1 saturated heterocycles. The van der Waals surface area contributed by atoms with Crippen molar-refractivity contribution in [2.75, 3.05) is 11.9 Å². The molecule has 0 unspecified atom stereocenters. The van der Waals surface area contributed by atoms with Gasteiger partial charge < -0.3 is 25.4 Å². The molecule has 3 aliphatic rings. The number of hydrogen-bond donors (Lipinski definition) is 4. The van der Waals surface area contributed by atoms with Crippen molar-refractivity contribution in [1.82, 2.24) is 35.2 Å². The van der Waals surface area contributed by atoms with Crippen LogP contribution in [-0.2, 0) is 9.47 Å². The smallest absolute Gasteiger partial charge is 0.408 e. The van der Waals surface area contributed by atoms with Crippen molar-refractivity contribution in [3.63, 3.8) is 0 Å². The number of halogens is 2. The molecule has 3 atom stereocenters. The van der Waals surface area contributed by atoms with Gasteiger partial charge in [0, 0.05) is 29.9 Å². The van der Waals surface area contributed by atoms with E-state index in [4.69, 9.17) is 21.1 Å². The summed E-state index contributed by atoms with van der Waals surface area (Å²) in [6, 6.07) is 3.30. The topological polar surface area (TPSA) is 148 Å². The Bertz CT molecular complexity index is 1340. The highest BCUT2D eigenvalue weighted by molar-refractivity contribution is 6.29. The van der Waals surface area contributed by atoms with E-state index in [2.05, 4.69) is 36.1 Å². The Labute approximate surface area is 209 Å². The van der Waals surface area contributed by atoms with Crippen molar-refractivity contribution in [3.8, 4) is 0 Å². The average molecular weight is 519 g/mol. The normalized spacial score (nSPS) is 24.5. The highest BCUT2D eigenvalue weighted by Gasteiger charge is 2.44. The summed E-state index contributed by atoms with van der Waals surface area (Å²) in [6.07, 6.45) is 0.980. The number of alkyl halides is 1. The zero-order valence-corrected chi connectivity index (χ0v) is 20.0. The molecule has 190 valence electrons. The second-order valence-corrected chi connectivity index (χ2v) is 10.1. The van der Waals surface area contributed by atoms with Gasteiger partial charge in [0.2, 0.25) is 5.95 Å². The lowest BCUT2D eigenvalue weighted by atomic mass is 10.1. The Hall–Kier alpha value is -3.45. The van der Waals surface area contributed by atoms with E-state index in [-0.39, 0.29) is 40.9 Å². The maximum atomic E-state index is 15.0. The van der Waals surface area contributed by atoms with Crippen LogP contribution in [-0.4, -0.2) is 67.0 Å². The van der Waals surface area contributed by atoms with Crippen molar-refractivity contribution in [2.24, 2.45) is 0 Å². The minimum atomic E-state index is -1.58. The van der Waals surface area contributed by atoms with E-state index < -0.39 is 24.5 Å². The minimum Gasteiger partial charge on any atom is -0.441 e. The number of alkyl carbamates (subject to hydrolysis) is 1. The number of amides is 2. The molecule has 36 heavy (non-hydrogen) atoms. The van der Waals surface area contributed by atoms with Gasteiger partial charge in [-0.05, 0) is 32.6 Å². The number of nitrogens with one attached hydrogen (secondary N) is 4. The van der Waals surface area contributed by atoms with Crippen LogP contribution in [0.2, 0.25) is 5.15 Å². The molecule has 4 heterocycles. The van der Waals surface area contributed by atoms with Crippen LogP contribution in [0.5, 0.6) is 0 Å². The van der Waals surface area contributed by atoms with Crippen LogP contribution in [0, 0.1) is 0 Å². The number of nitrogens with zero attached hydrogens (tertiary/aromatic N) is 4. The summed E-state index contributed by atoms with van der Waals surface area (Å²) in [5, 5.41) is 15.7. The lowest BCUT2D eigenvalue weighted by Gasteiger charge is -2.17. The first-order valence-corrected chi connectivity index (χ1v) is 12.1. The molecule has 0 aromatic carbocycles. The standard InChI is InChI=1S/C22H24ClFN8O4/c1-22(4-5-22)29-21(34)36-13-9-35-18(17(13)24)11-6-15(31-30-11)28-20-27-14(23)7-16-26-12(8-32(16)20)19(33)25-10-2-3-10/h6-8,10,13,17-18H,2-5,9H2,1H3,(H,25,33)(H,29,34)(H2,27,28,30,31)/t13-,17-,18-/m0/s1. The molecule has 3 aromatic heterocycles. The van der Waals surface area contributed by atoms with Crippen molar-refractivity contribution < 1.29 is 23.5 Å². The van der Waals surface area contributed by atoms with E-state index in [0.29, 0.717) is 17.2 Å². The predicted octanol–water partition coefficient (Wildman–Crippen LogP) is 2.80. The Morgan fingerprint density at radius 2 is 2.11 bits per heavy atom.